The number of unbranched alkanes of at least 4 members (excludes halogenated alkanes) is 12. The van der Waals surface area contributed by atoms with Crippen LogP contribution in [-0.2, 0) is 0 Å². The predicted octanol–water partition coefficient (Wildman–Crippen LogP) is 8.62. The first-order chi connectivity index (χ1) is 10.8. The van der Waals surface area contributed by atoms with Crippen LogP contribution in [0.2, 0.25) is 0 Å². The molecule has 0 atom stereocenters. The molecule has 0 aromatic heterocycles. The van der Waals surface area contributed by atoms with E-state index in [1.54, 1.807) is 0 Å². The number of allylic oxidation sites excluding steroid dienone is 2. The quantitative estimate of drug-likeness (QED) is 0.146. The van der Waals surface area contributed by atoms with E-state index in [1.165, 1.54) is 96.1 Å². The van der Waals surface area contributed by atoms with Crippen molar-refractivity contribution >= 4 is 17.2 Å². The molecule has 0 amide bonds. The third-order valence-electron chi connectivity index (χ3n) is 4.43. The summed E-state index contributed by atoms with van der Waals surface area (Å²) in [6.45, 7) is 9.09. The maximum atomic E-state index is 6.58. The molecule has 0 aliphatic rings. The molecule has 0 heterocycles. The van der Waals surface area contributed by atoms with Crippen LogP contribution in [0.4, 0.5) is 0 Å². The van der Waals surface area contributed by atoms with Gasteiger partial charge < -0.3 is 0 Å². The second-order valence-electron chi connectivity index (χ2n) is 8.58. The summed E-state index contributed by atoms with van der Waals surface area (Å²) in [6.07, 6.45) is 25.3. The summed E-state index contributed by atoms with van der Waals surface area (Å²) in [6, 6.07) is 0. The SMILES string of the molecule is CCCCCCCC/C=C\CCCCCCCCP(C)(C)(C)Cl. The van der Waals surface area contributed by atoms with E-state index in [1.807, 2.05) is 0 Å². The van der Waals surface area contributed by atoms with Gasteiger partial charge in [-0.2, -0.15) is 0 Å². The fourth-order valence-electron chi connectivity index (χ4n) is 2.89. The molecule has 0 saturated heterocycles. The van der Waals surface area contributed by atoms with Gasteiger partial charge in [0.15, 0.2) is 0 Å². The minimum absolute atomic E-state index is 1.24. The van der Waals surface area contributed by atoms with Crippen LogP contribution in [0.1, 0.15) is 96.8 Å². The Morgan fingerprint density at radius 3 is 1.43 bits per heavy atom. The van der Waals surface area contributed by atoms with Crippen molar-refractivity contribution in [2.24, 2.45) is 0 Å². The van der Waals surface area contributed by atoms with E-state index in [2.05, 4.69) is 39.1 Å². The van der Waals surface area contributed by atoms with Gasteiger partial charge in [-0.25, -0.2) is 0 Å². The molecule has 0 fully saturated rings. The Morgan fingerprint density at radius 1 is 0.609 bits per heavy atom. The van der Waals surface area contributed by atoms with E-state index in [4.69, 9.17) is 11.2 Å². The molecule has 0 bridgehead atoms. The monoisotopic (exact) mass is 362 g/mol. The van der Waals surface area contributed by atoms with Crippen LogP contribution in [0.15, 0.2) is 12.2 Å². The van der Waals surface area contributed by atoms with Crippen molar-refractivity contribution in [1.82, 2.24) is 0 Å². The minimum atomic E-state index is -1.76. The average molecular weight is 363 g/mol. The molecule has 0 unspecified atom stereocenters. The van der Waals surface area contributed by atoms with Crippen molar-refractivity contribution in [2.45, 2.75) is 96.8 Å². The van der Waals surface area contributed by atoms with Crippen molar-refractivity contribution in [3.05, 3.63) is 12.2 Å². The van der Waals surface area contributed by atoms with Crippen LogP contribution in [-0.4, -0.2) is 26.2 Å². The van der Waals surface area contributed by atoms with Gasteiger partial charge in [0.05, 0.1) is 0 Å². The molecular formula is C21H44ClP. The first-order valence-electron chi connectivity index (χ1n) is 10.2. The Balaban J connectivity index is 3.20. The normalized spacial score (nSPS) is 14.2. The van der Waals surface area contributed by atoms with Crippen LogP contribution in [0, 0.1) is 0 Å². The second kappa shape index (κ2) is 13.7. The van der Waals surface area contributed by atoms with Crippen molar-refractivity contribution in [3.8, 4) is 0 Å². The van der Waals surface area contributed by atoms with Crippen LogP contribution in [0.25, 0.3) is 0 Å². The molecule has 0 spiro atoms. The molecule has 0 rings (SSSR count). The van der Waals surface area contributed by atoms with Gasteiger partial charge in [-0.15, -0.1) is 0 Å². The molecule has 0 aromatic carbocycles. The number of halogens is 1. The van der Waals surface area contributed by atoms with E-state index >= 15 is 0 Å². The molecular weight excluding hydrogens is 319 g/mol. The van der Waals surface area contributed by atoms with Gasteiger partial charge >= 0.3 is 113 Å². The fourth-order valence-corrected chi connectivity index (χ4v) is 4.54. The Bertz CT molecular complexity index is 279. The van der Waals surface area contributed by atoms with Crippen molar-refractivity contribution in [1.29, 1.82) is 0 Å². The average Bonchev–Trinajstić information content (AvgIpc) is 2.45. The van der Waals surface area contributed by atoms with Crippen LogP contribution >= 0.6 is 17.2 Å². The Labute approximate surface area is 152 Å². The first kappa shape index (κ1) is 23.5. The summed E-state index contributed by atoms with van der Waals surface area (Å²) in [5.74, 6) is -1.76. The topological polar surface area (TPSA) is 0 Å². The number of hydrogen-bond donors (Lipinski definition) is 0. The molecule has 0 saturated carbocycles. The summed E-state index contributed by atoms with van der Waals surface area (Å²) in [4.78, 5) is 0. The Kier molecular flexibility index (Phi) is 14.0. The zero-order valence-electron chi connectivity index (χ0n) is 16.6. The third kappa shape index (κ3) is 22.5. The van der Waals surface area contributed by atoms with E-state index in [-0.39, 0.29) is 0 Å². The fraction of sp³-hybridized carbons (Fsp3) is 0.905. The van der Waals surface area contributed by atoms with E-state index in [0.29, 0.717) is 0 Å². The predicted molar refractivity (Wildman–Crippen MR) is 115 cm³/mol. The van der Waals surface area contributed by atoms with E-state index < -0.39 is 5.96 Å². The van der Waals surface area contributed by atoms with Gasteiger partial charge in [0, 0.05) is 0 Å². The van der Waals surface area contributed by atoms with Gasteiger partial charge in [-0.05, 0) is 0 Å². The maximum absolute atomic E-state index is 6.58. The molecule has 0 aliphatic heterocycles. The molecule has 2 heteroatoms. The zero-order valence-corrected chi connectivity index (χ0v) is 18.2. The van der Waals surface area contributed by atoms with Crippen LogP contribution in [0.5, 0.6) is 0 Å². The summed E-state index contributed by atoms with van der Waals surface area (Å²) >= 11 is 6.58. The first-order valence-corrected chi connectivity index (χ1v) is 14.9. The van der Waals surface area contributed by atoms with Crippen LogP contribution in [0.3, 0.4) is 0 Å². The Morgan fingerprint density at radius 2 is 1.00 bits per heavy atom. The van der Waals surface area contributed by atoms with Gasteiger partial charge in [-0.1, -0.05) is 39.0 Å². The standard InChI is InChI=1S/C21H44ClP/c1-5-6-7-8-9-10-11-12-13-14-15-16-17-18-19-20-21-23(2,3,4)22/h12-13H,5-11,14-21H2,1-4H3/b13-12-. The van der Waals surface area contributed by atoms with Gasteiger partial charge in [0.2, 0.25) is 0 Å². The van der Waals surface area contributed by atoms with E-state index in [0.717, 1.165) is 0 Å². The van der Waals surface area contributed by atoms with Crippen molar-refractivity contribution in [3.63, 3.8) is 0 Å². The Hall–Kier alpha value is 0.460. The molecule has 0 nitrogen and oxygen atoms in total. The summed E-state index contributed by atoms with van der Waals surface area (Å²) < 4.78 is 0. The zero-order chi connectivity index (χ0) is 17.5. The third-order valence-corrected chi connectivity index (χ3v) is 6.76. The van der Waals surface area contributed by atoms with E-state index in [9.17, 15) is 0 Å². The molecule has 0 aromatic rings. The summed E-state index contributed by atoms with van der Waals surface area (Å²) in [5, 5.41) is 0. The molecule has 0 aliphatic carbocycles. The molecule has 0 N–H and O–H groups in total. The second-order valence-corrected chi connectivity index (χ2v) is 18.6. The summed E-state index contributed by atoms with van der Waals surface area (Å²) in [7, 11) is 0. The summed E-state index contributed by atoms with van der Waals surface area (Å²) in [5.41, 5.74) is 0. The van der Waals surface area contributed by atoms with Crippen LogP contribution < -0.4 is 0 Å². The number of hydrogen-bond acceptors (Lipinski definition) is 0. The molecule has 0 radical (unpaired) electrons. The molecule has 23 heavy (non-hydrogen) atoms. The van der Waals surface area contributed by atoms with Gasteiger partial charge in [0.25, 0.3) is 0 Å². The molecule has 140 valence electrons. The van der Waals surface area contributed by atoms with Gasteiger partial charge in [-0.3, -0.25) is 0 Å². The van der Waals surface area contributed by atoms with Crippen molar-refractivity contribution in [2.75, 3.05) is 26.2 Å². The number of rotatable bonds is 16. The van der Waals surface area contributed by atoms with Crippen molar-refractivity contribution < 1.29 is 0 Å². The van der Waals surface area contributed by atoms with Gasteiger partial charge in [0.1, 0.15) is 0 Å².